The van der Waals surface area contributed by atoms with Gasteiger partial charge in [0.1, 0.15) is 11.6 Å². The molecule has 0 saturated carbocycles. The molecule has 1 atom stereocenters. The summed E-state index contributed by atoms with van der Waals surface area (Å²) in [5, 5.41) is 0. The lowest BCUT2D eigenvalue weighted by Gasteiger charge is -2.29. The molecule has 0 fully saturated rings. The molecule has 3 heteroatoms. The zero-order valence-corrected chi connectivity index (χ0v) is 12.6. The molecule has 0 bridgehead atoms. The minimum Gasteiger partial charge on any atom is -0.494 e. The topological polar surface area (TPSA) is 35.2 Å². The van der Waals surface area contributed by atoms with Gasteiger partial charge in [0.05, 0.1) is 6.61 Å². The summed E-state index contributed by atoms with van der Waals surface area (Å²) in [5.41, 5.74) is 7.31. The predicted octanol–water partition coefficient (Wildman–Crippen LogP) is 3.68. The molecule has 2 rings (SSSR count). The van der Waals surface area contributed by atoms with E-state index in [2.05, 4.69) is 0 Å². The standard InChI is InChI=1S/C18H22FNO/c1-3-21-15-10-8-14(9-11-15)12-18(2,13-20)16-6-4-5-7-17(16)19/h4-11H,3,12-13,20H2,1-2H3. The van der Waals surface area contributed by atoms with Gasteiger partial charge in [-0.2, -0.15) is 0 Å². The maximum Gasteiger partial charge on any atom is 0.127 e. The van der Waals surface area contributed by atoms with Crippen LogP contribution in [0.4, 0.5) is 4.39 Å². The molecule has 0 saturated heterocycles. The highest BCUT2D eigenvalue weighted by molar-refractivity contribution is 5.33. The van der Waals surface area contributed by atoms with E-state index in [1.54, 1.807) is 6.07 Å². The molecule has 0 amide bonds. The Hall–Kier alpha value is -1.87. The quantitative estimate of drug-likeness (QED) is 0.879. The van der Waals surface area contributed by atoms with Crippen molar-refractivity contribution in [2.45, 2.75) is 25.7 Å². The monoisotopic (exact) mass is 287 g/mol. The molecule has 2 aromatic carbocycles. The second-order valence-corrected chi connectivity index (χ2v) is 5.50. The lowest BCUT2D eigenvalue weighted by molar-refractivity contribution is 0.340. The molecule has 0 aliphatic carbocycles. The van der Waals surface area contributed by atoms with Crippen molar-refractivity contribution >= 4 is 0 Å². The number of hydrogen-bond acceptors (Lipinski definition) is 2. The fourth-order valence-corrected chi connectivity index (χ4v) is 2.55. The lowest BCUT2D eigenvalue weighted by Crippen LogP contribution is -2.35. The van der Waals surface area contributed by atoms with Crippen LogP contribution in [0.3, 0.4) is 0 Å². The number of halogens is 1. The van der Waals surface area contributed by atoms with E-state index in [4.69, 9.17) is 10.5 Å². The van der Waals surface area contributed by atoms with Gasteiger partial charge in [0, 0.05) is 12.0 Å². The third-order valence-corrected chi connectivity index (χ3v) is 3.80. The number of hydrogen-bond donors (Lipinski definition) is 1. The van der Waals surface area contributed by atoms with Crippen molar-refractivity contribution in [2.75, 3.05) is 13.2 Å². The Morgan fingerprint density at radius 2 is 1.76 bits per heavy atom. The Morgan fingerprint density at radius 1 is 1.10 bits per heavy atom. The van der Waals surface area contributed by atoms with Crippen molar-refractivity contribution in [1.29, 1.82) is 0 Å². The van der Waals surface area contributed by atoms with Crippen molar-refractivity contribution in [3.63, 3.8) is 0 Å². The average molecular weight is 287 g/mol. The van der Waals surface area contributed by atoms with Crippen LogP contribution < -0.4 is 10.5 Å². The average Bonchev–Trinajstić information content (AvgIpc) is 2.50. The molecular weight excluding hydrogens is 265 g/mol. The van der Waals surface area contributed by atoms with Crippen molar-refractivity contribution in [3.8, 4) is 5.75 Å². The van der Waals surface area contributed by atoms with E-state index in [9.17, 15) is 4.39 Å². The summed E-state index contributed by atoms with van der Waals surface area (Å²) in [6.45, 7) is 5.00. The Labute approximate surface area is 125 Å². The molecule has 0 aliphatic heterocycles. The van der Waals surface area contributed by atoms with E-state index >= 15 is 0 Å². The highest BCUT2D eigenvalue weighted by Gasteiger charge is 2.28. The van der Waals surface area contributed by atoms with Gasteiger partial charge in [-0.25, -0.2) is 4.39 Å². The van der Waals surface area contributed by atoms with Crippen LogP contribution in [0.25, 0.3) is 0 Å². The maximum absolute atomic E-state index is 14.1. The van der Waals surface area contributed by atoms with Crippen LogP contribution in [0, 0.1) is 5.82 Å². The first kappa shape index (κ1) is 15.5. The van der Waals surface area contributed by atoms with Crippen molar-refractivity contribution in [3.05, 3.63) is 65.5 Å². The summed E-state index contributed by atoms with van der Waals surface area (Å²) in [4.78, 5) is 0. The van der Waals surface area contributed by atoms with E-state index < -0.39 is 5.41 Å². The van der Waals surface area contributed by atoms with Gasteiger partial charge < -0.3 is 10.5 Å². The largest absolute Gasteiger partial charge is 0.494 e. The fraction of sp³-hybridized carbons (Fsp3) is 0.333. The minimum absolute atomic E-state index is 0.198. The van der Waals surface area contributed by atoms with Gasteiger partial charge in [-0.1, -0.05) is 37.3 Å². The SMILES string of the molecule is CCOc1ccc(CC(C)(CN)c2ccccc2F)cc1. The van der Waals surface area contributed by atoms with Crippen LogP contribution >= 0.6 is 0 Å². The number of benzene rings is 2. The molecule has 0 heterocycles. The molecule has 0 radical (unpaired) electrons. The first-order valence-electron chi connectivity index (χ1n) is 7.26. The molecule has 112 valence electrons. The predicted molar refractivity (Wildman–Crippen MR) is 84.1 cm³/mol. The minimum atomic E-state index is -0.418. The Balaban J connectivity index is 2.24. The van der Waals surface area contributed by atoms with E-state index in [0.717, 1.165) is 11.3 Å². The van der Waals surface area contributed by atoms with Gasteiger partial charge in [0.15, 0.2) is 0 Å². The van der Waals surface area contributed by atoms with Crippen LogP contribution in [-0.2, 0) is 11.8 Å². The van der Waals surface area contributed by atoms with Crippen LogP contribution in [0.1, 0.15) is 25.0 Å². The van der Waals surface area contributed by atoms with Crippen LogP contribution in [0.15, 0.2) is 48.5 Å². The molecule has 0 aromatic heterocycles. The number of rotatable bonds is 6. The molecule has 0 spiro atoms. The Morgan fingerprint density at radius 3 is 2.33 bits per heavy atom. The van der Waals surface area contributed by atoms with Gasteiger partial charge >= 0.3 is 0 Å². The summed E-state index contributed by atoms with van der Waals surface area (Å²) in [6.07, 6.45) is 0.691. The van der Waals surface area contributed by atoms with Gasteiger partial charge in [0.2, 0.25) is 0 Å². The zero-order valence-electron chi connectivity index (χ0n) is 12.6. The lowest BCUT2D eigenvalue weighted by atomic mass is 9.77. The Bertz CT molecular complexity index is 582. The molecule has 2 N–H and O–H groups in total. The van der Waals surface area contributed by atoms with Gasteiger partial charge in [-0.3, -0.25) is 0 Å². The molecule has 2 aromatic rings. The summed E-state index contributed by atoms with van der Waals surface area (Å²) in [7, 11) is 0. The van der Waals surface area contributed by atoms with Gasteiger partial charge in [-0.05, 0) is 42.7 Å². The normalized spacial score (nSPS) is 13.7. The molecule has 0 aliphatic rings. The smallest absolute Gasteiger partial charge is 0.127 e. The summed E-state index contributed by atoms with van der Waals surface area (Å²) < 4.78 is 19.5. The first-order valence-corrected chi connectivity index (χ1v) is 7.26. The second-order valence-electron chi connectivity index (χ2n) is 5.50. The summed E-state index contributed by atoms with van der Waals surface area (Å²) in [6, 6.07) is 14.8. The van der Waals surface area contributed by atoms with E-state index in [1.807, 2.05) is 50.2 Å². The molecular formula is C18H22FNO. The molecule has 2 nitrogen and oxygen atoms in total. The van der Waals surface area contributed by atoms with E-state index in [-0.39, 0.29) is 5.82 Å². The summed E-state index contributed by atoms with van der Waals surface area (Å²) in [5.74, 6) is 0.651. The van der Waals surface area contributed by atoms with Crippen LogP contribution in [-0.4, -0.2) is 13.2 Å². The Kier molecular flexibility index (Phi) is 4.97. The number of nitrogens with two attached hydrogens (primary N) is 1. The molecule has 21 heavy (non-hydrogen) atoms. The van der Waals surface area contributed by atoms with Crippen molar-refractivity contribution < 1.29 is 9.13 Å². The van der Waals surface area contributed by atoms with Gasteiger partial charge in [0.25, 0.3) is 0 Å². The van der Waals surface area contributed by atoms with Crippen LogP contribution in [0.2, 0.25) is 0 Å². The summed E-state index contributed by atoms with van der Waals surface area (Å²) >= 11 is 0. The van der Waals surface area contributed by atoms with Crippen LogP contribution in [0.5, 0.6) is 5.75 Å². The molecule has 1 unspecified atom stereocenters. The fourth-order valence-electron chi connectivity index (χ4n) is 2.55. The van der Waals surface area contributed by atoms with E-state index in [0.29, 0.717) is 25.1 Å². The second kappa shape index (κ2) is 6.72. The zero-order chi connectivity index (χ0) is 15.3. The van der Waals surface area contributed by atoms with Crippen molar-refractivity contribution in [2.24, 2.45) is 5.73 Å². The van der Waals surface area contributed by atoms with Gasteiger partial charge in [-0.15, -0.1) is 0 Å². The maximum atomic E-state index is 14.1. The first-order chi connectivity index (χ1) is 10.1. The number of ether oxygens (including phenoxy) is 1. The highest BCUT2D eigenvalue weighted by atomic mass is 19.1. The van der Waals surface area contributed by atoms with E-state index in [1.165, 1.54) is 6.07 Å². The third-order valence-electron chi connectivity index (χ3n) is 3.80. The van der Waals surface area contributed by atoms with Crippen molar-refractivity contribution in [1.82, 2.24) is 0 Å². The highest BCUT2D eigenvalue weighted by Crippen LogP contribution is 2.29. The third kappa shape index (κ3) is 3.61.